The van der Waals surface area contributed by atoms with Gasteiger partial charge in [-0.1, -0.05) is 99.0 Å². The summed E-state index contributed by atoms with van der Waals surface area (Å²) in [5.41, 5.74) is 0.346. The van der Waals surface area contributed by atoms with Crippen LogP contribution in [-0.4, -0.2) is 91.1 Å². The summed E-state index contributed by atoms with van der Waals surface area (Å²) in [4.78, 5) is 30.1. The summed E-state index contributed by atoms with van der Waals surface area (Å²) in [5, 5.41) is 89.1. The number of nitrogens with one attached hydrogen (secondary N) is 1. The zero-order valence-electron chi connectivity index (χ0n) is 51.6. The van der Waals surface area contributed by atoms with Crippen molar-refractivity contribution < 1.29 is 45.0 Å². The third kappa shape index (κ3) is 7.55. The average molecular weight is 1180 g/mol. The maximum atomic E-state index is 15.8. The summed E-state index contributed by atoms with van der Waals surface area (Å²) in [7, 11) is 1.97. The van der Waals surface area contributed by atoms with E-state index >= 15 is 15.0 Å². The molecule has 462 valence electrons. The molecule has 19 bridgehead atoms. The van der Waals surface area contributed by atoms with Gasteiger partial charge in [0.2, 0.25) is 0 Å². The summed E-state index contributed by atoms with van der Waals surface area (Å²) in [6.07, 6.45) is 18.5. The second-order valence-electron chi connectivity index (χ2n) is 32.7. The van der Waals surface area contributed by atoms with Crippen molar-refractivity contribution in [3.8, 4) is 11.8 Å². The fourth-order valence-corrected chi connectivity index (χ4v) is 26.8. The van der Waals surface area contributed by atoms with Crippen LogP contribution in [0.5, 0.6) is 0 Å². The van der Waals surface area contributed by atoms with Crippen molar-refractivity contribution in [2.45, 2.75) is 221 Å². The van der Waals surface area contributed by atoms with Crippen LogP contribution in [-0.2, 0) is 46.6 Å². The number of benzene rings is 3. The highest BCUT2D eigenvalue weighted by molar-refractivity contribution is 5.86. The number of hydrogen-bond donors (Lipinski definition) is 7. The Morgan fingerprint density at radius 2 is 1.55 bits per heavy atom. The van der Waals surface area contributed by atoms with Crippen LogP contribution in [0, 0.1) is 110 Å². The SMILES string of the molecule is CN[C@H]1Cc2c(cccc2CO)C#C[C@@]23C[C@H]4Cc5cccc(c5CC[C@H]4C2)Cc2cccc(c2)[C@@H]2CC[C@@H]4[C@H](CC[C@]45C[C@]4(C=O)[C@H]6CC[C@]7(C3)[C@H]3C8=CC(=O)O[C@@H]8[C@H]1C[C@H]3C[C@]7(O)[C@]6(O)[C@@H](O)[C@H]1C[C@@H]([C@@H](C)C3CCCC3)CC[C@H]([C@H]5O)[C@@]14O)C2. The van der Waals surface area contributed by atoms with Gasteiger partial charge in [0, 0.05) is 57.6 Å². The quantitative estimate of drug-likeness (QED) is 0.0740. The summed E-state index contributed by atoms with van der Waals surface area (Å²) in [6, 6.07) is 22.3. The first-order valence-corrected chi connectivity index (χ1v) is 35.1. The van der Waals surface area contributed by atoms with E-state index in [2.05, 4.69) is 72.6 Å². The molecule has 19 aliphatic rings. The van der Waals surface area contributed by atoms with Gasteiger partial charge in [-0.2, -0.15) is 0 Å². The van der Waals surface area contributed by atoms with Gasteiger partial charge >= 0.3 is 5.97 Å². The van der Waals surface area contributed by atoms with Crippen LogP contribution in [0.2, 0.25) is 0 Å². The maximum Gasteiger partial charge on any atom is 0.331 e. The van der Waals surface area contributed by atoms with Crippen molar-refractivity contribution in [1.29, 1.82) is 0 Å². The molecule has 87 heavy (non-hydrogen) atoms. The van der Waals surface area contributed by atoms with Gasteiger partial charge in [0.1, 0.15) is 23.6 Å². The van der Waals surface area contributed by atoms with Crippen molar-refractivity contribution in [2.75, 3.05) is 7.05 Å². The van der Waals surface area contributed by atoms with Gasteiger partial charge in [-0.05, 0) is 252 Å². The molecule has 3 aromatic rings. The normalized spacial score (nSPS) is 48.1. The Hall–Kier alpha value is -4.18. The van der Waals surface area contributed by atoms with Crippen molar-refractivity contribution in [3.63, 3.8) is 0 Å². The molecular formula is C77H95NO9. The molecule has 0 aromatic heterocycles. The highest BCUT2D eigenvalue weighted by atomic mass is 16.5. The Morgan fingerprint density at radius 1 is 0.747 bits per heavy atom. The van der Waals surface area contributed by atoms with E-state index in [1.54, 1.807) is 6.08 Å². The summed E-state index contributed by atoms with van der Waals surface area (Å²) >= 11 is 0. The minimum atomic E-state index is -2.28. The largest absolute Gasteiger partial charge is 0.454 e. The first-order chi connectivity index (χ1) is 42.0. The molecule has 0 amide bonds. The summed E-state index contributed by atoms with van der Waals surface area (Å²) in [5.74, 6) is 6.23. The van der Waals surface area contributed by atoms with Gasteiger partial charge in [-0.15, -0.1) is 0 Å². The first kappa shape index (κ1) is 56.8. The van der Waals surface area contributed by atoms with Gasteiger partial charge in [0.15, 0.2) is 0 Å². The standard InChI is InChI=1S/C77H95NO9/c1-43(45-9-3-4-10-45)47-17-21-62-69(82)72-26-23-52-30-49(18-20-61(52)72)48-12-5-8-44(28-48)29-50-13-7-14-51-31-55-37-71(36-53(55)16-19-57(50)51)25-22-46-11-6-15-54(39-79)58(46)34-64(78-2)59-32-56-38-75(84)73(40-71,67(56)60-35-66(81)87-68(59)60)27-24-65-74(41-72,42-80)76(62,85)63(33-47)70(83)77(65,75)86/h5-8,11-15,28,35,42-43,45,47,49,52-53,55-56,59,61-65,67-70,78-79,82-86H,3-4,9-10,16-21,23-24,26-27,29-34,36-41H2,1-2H3/t43-,47-,49+,52+,53-,55+,56-,59-,61+,62+,63+,64-,65+,67+,68+,69+,70-,71-,72-,73-,74-,75+,76+,77+/m0/s1. The third-order valence-corrected chi connectivity index (χ3v) is 30.1. The Morgan fingerprint density at radius 3 is 2.38 bits per heavy atom. The lowest BCUT2D eigenvalue weighted by Crippen LogP contribution is -2.86. The predicted octanol–water partition coefficient (Wildman–Crippen LogP) is 10.4. The number of ether oxygens (including phenoxy) is 1. The molecule has 1 aliphatic heterocycles. The van der Waals surface area contributed by atoms with E-state index in [0.29, 0.717) is 62.2 Å². The highest BCUT2D eigenvalue weighted by Gasteiger charge is 2.87. The molecule has 10 saturated carbocycles. The second kappa shape index (κ2) is 19.9. The zero-order valence-corrected chi connectivity index (χ0v) is 51.6. The van der Waals surface area contributed by atoms with E-state index in [9.17, 15) is 25.2 Å². The number of rotatable bonds is 5. The molecule has 0 radical (unpaired) electrons. The first-order valence-electron chi connectivity index (χ1n) is 35.1. The number of fused-ring (bicyclic) bond motifs is 1. The van der Waals surface area contributed by atoms with E-state index in [-0.39, 0.29) is 73.4 Å². The van der Waals surface area contributed by atoms with Gasteiger partial charge in [-0.3, -0.25) is 0 Å². The molecule has 10 fully saturated rings. The summed E-state index contributed by atoms with van der Waals surface area (Å²) < 4.78 is 6.61. The predicted molar refractivity (Wildman–Crippen MR) is 330 cm³/mol. The lowest BCUT2D eigenvalue weighted by atomic mass is 9.32. The molecule has 0 saturated heterocycles. The molecular weight excluding hydrogens is 1080 g/mol. The average Bonchev–Trinajstić information content (AvgIpc) is 1.63. The van der Waals surface area contributed by atoms with Crippen molar-refractivity contribution in [1.82, 2.24) is 5.32 Å². The molecule has 22 rings (SSSR count). The van der Waals surface area contributed by atoms with E-state index in [0.717, 1.165) is 118 Å². The Labute approximate surface area is 515 Å². The molecule has 3 spiro atoms. The van der Waals surface area contributed by atoms with Gasteiger partial charge in [0.05, 0.1) is 29.8 Å². The molecule has 3 aromatic carbocycles. The number of likely N-dealkylation sites (N-methyl/N-ethyl adjacent to an activating group) is 1. The van der Waals surface area contributed by atoms with Crippen LogP contribution in [0.25, 0.3) is 0 Å². The number of carbonyl (C=O) groups is 2. The number of aldehydes is 1. The number of hydrogen-bond acceptors (Lipinski definition) is 10. The molecule has 0 unspecified atom stereocenters. The lowest BCUT2D eigenvalue weighted by molar-refractivity contribution is -0.386. The third-order valence-electron chi connectivity index (χ3n) is 30.1. The van der Waals surface area contributed by atoms with Crippen LogP contribution < -0.4 is 5.32 Å². The Balaban J connectivity index is 0.912. The van der Waals surface area contributed by atoms with E-state index < -0.39 is 80.4 Å². The maximum absolute atomic E-state index is 15.8. The fourth-order valence-electron chi connectivity index (χ4n) is 26.8. The minimum absolute atomic E-state index is 0.0655. The Kier molecular flexibility index (Phi) is 13.0. The molecule has 24 atom stereocenters. The fraction of sp³-hybridized carbons (Fsp3) is 0.688. The van der Waals surface area contributed by atoms with Gasteiger partial charge < -0.3 is 45.5 Å². The van der Waals surface area contributed by atoms with Crippen molar-refractivity contribution in [3.05, 3.63) is 117 Å². The molecule has 10 heteroatoms. The highest BCUT2D eigenvalue weighted by Crippen LogP contribution is 2.81. The van der Waals surface area contributed by atoms with Gasteiger partial charge in [-0.25, -0.2) is 4.79 Å². The lowest BCUT2D eigenvalue weighted by Gasteiger charge is -2.75. The zero-order chi connectivity index (χ0) is 59.4. The van der Waals surface area contributed by atoms with Crippen LogP contribution in [0.3, 0.4) is 0 Å². The van der Waals surface area contributed by atoms with E-state index in [4.69, 9.17) is 4.74 Å². The minimum Gasteiger partial charge on any atom is -0.454 e. The van der Waals surface area contributed by atoms with Crippen LogP contribution in [0.4, 0.5) is 0 Å². The number of aliphatic hydroxyl groups is 6. The summed E-state index contributed by atoms with van der Waals surface area (Å²) in [6.45, 7) is 2.24. The number of esters is 1. The number of aliphatic hydroxyl groups excluding tert-OH is 3. The van der Waals surface area contributed by atoms with Crippen LogP contribution in [0.1, 0.15) is 192 Å². The smallest absolute Gasteiger partial charge is 0.331 e. The molecule has 10 nitrogen and oxygen atoms in total. The van der Waals surface area contributed by atoms with Crippen LogP contribution >= 0.6 is 0 Å². The van der Waals surface area contributed by atoms with Gasteiger partial charge in [0.25, 0.3) is 0 Å². The Bertz CT molecular complexity index is 3410. The van der Waals surface area contributed by atoms with Crippen molar-refractivity contribution >= 4 is 12.3 Å². The van der Waals surface area contributed by atoms with E-state index in [1.165, 1.54) is 40.7 Å². The number of carbonyl (C=O) groups excluding carboxylic acids is 2. The van der Waals surface area contributed by atoms with Crippen LogP contribution in [0.15, 0.2) is 72.3 Å². The molecule has 1 heterocycles. The van der Waals surface area contributed by atoms with E-state index in [1.807, 2.05) is 19.2 Å². The second-order valence-corrected chi connectivity index (χ2v) is 32.7. The molecule has 18 aliphatic carbocycles. The van der Waals surface area contributed by atoms with Crippen molar-refractivity contribution in [2.24, 2.45) is 98.6 Å². The monoisotopic (exact) mass is 1180 g/mol. The molecule has 7 N–H and O–H groups in total. The topological polar surface area (TPSA) is 177 Å².